The largest absolute Gasteiger partial charge is 0.375 e. The molecule has 27 heavy (non-hydrogen) atoms. The van der Waals surface area contributed by atoms with Crippen molar-refractivity contribution in [3.63, 3.8) is 0 Å². The highest BCUT2D eigenvalue weighted by Crippen LogP contribution is 2.44. The number of hydrogen-bond donors (Lipinski definition) is 1. The predicted octanol–water partition coefficient (Wildman–Crippen LogP) is 4.43. The van der Waals surface area contributed by atoms with Crippen LogP contribution in [0, 0.1) is 0 Å². The van der Waals surface area contributed by atoms with Crippen LogP contribution in [-0.2, 0) is 10.4 Å². The Kier molecular flexibility index (Phi) is 4.36. The van der Waals surface area contributed by atoms with Crippen molar-refractivity contribution < 1.29 is 14.7 Å². The van der Waals surface area contributed by atoms with E-state index in [0.29, 0.717) is 23.4 Å². The second-order valence-electron chi connectivity index (χ2n) is 6.73. The van der Waals surface area contributed by atoms with E-state index in [1.807, 2.05) is 43.3 Å². The van der Waals surface area contributed by atoms with Crippen LogP contribution in [0.3, 0.4) is 0 Å². The minimum absolute atomic E-state index is 0.263. The Balaban J connectivity index is 1.73. The average molecular weight is 424 g/mol. The smallest absolute Gasteiger partial charge is 0.264 e. The molecule has 5 heteroatoms. The van der Waals surface area contributed by atoms with E-state index in [1.54, 1.807) is 24.3 Å². The molecule has 1 heterocycles. The fourth-order valence-corrected chi connectivity index (χ4v) is 4.07. The summed E-state index contributed by atoms with van der Waals surface area (Å²) in [6.45, 7) is 2.28. The van der Waals surface area contributed by atoms with Crippen LogP contribution in [0.1, 0.15) is 29.3 Å². The lowest BCUT2D eigenvalue weighted by atomic mass is 9.88. The van der Waals surface area contributed by atoms with E-state index in [9.17, 15) is 14.7 Å². The molecular formula is C22H18BrNO3. The summed E-state index contributed by atoms with van der Waals surface area (Å²) in [6, 6.07) is 18.5. The molecule has 0 aromatic heterocycles. The fourth-order valence-electron chi connectivity index (χ4n) is 3.70. The van der Waals surface area contributed by atoms with Gasteiger partial charge in [-0.15, -0.1) is 0 Å². The molecule has 0 fully saturated rings. The molecule has 4 nitrogen and oxygen atoms in total. The molecule has 0 unspecified atom stereocenters. The lowest BCUT2D eigenvalue weighted by Crippen LogP contribution is -2.41. The summed E-state index contributed by atoms with van der Waals surface area (Å²) < 4.78 is 0.753. The number of rotatable bonds is 4. The quantitative estimate of drug-likeness (QED) is 0.631. The number of anilines is 1. The summed E-state index contributed by atoms with van der Waals surface area (Å²) in [5.41, 5.74) is -0.239. The van der Waals surface area contributed by atoms with Gasteiger partial charge in [0.2, 0.25) is 0 Å². The van der Waals surface area contributed by atoms with Crippen molar-refractivity contribution in [3.8, 4) is 0 Å². The number of halogens is 1. The fraction of sp³-hybridized carbons (Fsp3) is 0.182. The van der Waals surface area contributed by atoms with Gasteiger partial charge in [-0.25, -0.2) is 0 Å². The van der Waals surface area contributed by atoms with Crippen LogP contribution in [0.2, 0.25) is 0 Å². The first kappa shape index (κ1) is 17.9. The van der Waals surface area contributed by atoms with Crippen LogP contribution in [0.5, 0.6) is 0 Å². The molecule has 1 atom stereocenters. The van der Waals surface area contributed by atoms with Gasteiger partial charge in [0.1, 0.15) is 0 Å². The number of likely N-dealkylation sites (N-methyl/N-ethyl adjacent to an activating group) is 1. The topological polar surface area (TPSA) is 57.6 Å². The second kappa shape index (κ2) is 6.59. The maximum Gasteiger partial charge on any atom is 0.264 e. The third kappa shape index (κ3) is 2.87. The van der Waals surface area contributed by atoms with Crippen LogP contribution in [-0.4, -0.2) is 23.3 Å². The zero-order valence-electron chi connectivity index (χ0n) is 14.8. The molecule has 0 aliphatic carbocycles. The number of amides is 1. The third-order valence-electron chi connectivity index (χ3n) is 5.10. The molecule has 0 spiro atoms. The Morgan fingerprint density at radius 1 is 1.07 bits per heavy atom. The van der Waals surface area contributed by atoms with E-state index in [2.05, 4.69) is 15.9 Å². The maximum atomic E-state index is 12.9. The molecule has 0 bridgehead atoms. The standard InChI is InChI=1S/C22H18BrNO3/c1-2-24-19-10-9-17(23)12-18(19)22(27,21(24)26)13-20(25)16-8-7-14-5-3-4-6-15(14)11-16/h3-12,27H,2,13H2,1H3/t22-/m1/s1. The van der Waals surface area contributed by atoms with Gasteiger partial charge < -0.3 is 10.0 Å². The molecule has 1 amide bonds. The van der Waals surface area contributed by atoms with Crippen molar-refractivity contribution in [1.29, 1.82) is 0 Å². The molecule has 1 aliphatic heterocycles. The second-order valence-corrected chi connectivity index (χ2v) is 7.65. The van der Waals surface area contributed by atoms with Crippen LogP contribution in [0.4, 0.5) is 5.69 Å². The zero-order valence-corrected chi connectivity index (χ0v) is 16.4. The Morgan fingerprint density at radius 3 is 2.56 bits per heavy atom. The van der Waals surface area contributed by atoms with Gasteiger partial charge in [0.05, 0.1) is 12.1 Å². The molecule has 3 aromatic rings. The Morgan fingerprint density at radius 2 is 1.81 bits per heavy atom. The van der Waals surface area contributed by atoms with Gasteiger partial charge in [-0.3, -0.25) is 9.59 Å². The van der Waals surface area contributed by atoms with Crippen LogP contribution >= 0.6 is 15.9 Å². The number of Topliss-reactive ketones (excluding diaryl/α,β-unsaturated/α-hetero) is 1. The summed E-state index contributed by atoms with van der Waals surface area (Å²) in [5.74, 6) is -0.715. The first-order chi connectivity index (χ1) is 12.9. The van der Waals surface area contributed by atoms with Gasteiger partial charge in [-0.1, -0.05) is 52.3 Å². The summed E-state index contributed by atoms with van der Waals surface area (Å²) in [4.78, 5) is 27.4. The van der Waals surface area contributed by atoms with Crippen LogP contribution in [0.25, 0.3) is 10.8 Å². The summed E-state index contributed by atoms with van der Waals surface area (Å²) in [6.07, 6.45) is -0.288. The van der Waals surface area contributed by atoms with Crippen LogP contribution < -0.4 is 4.90 Å². The first-order valence-corrected chi connectivity index (χ1v) is 9.59. The molecule has 0 saturated carbocycles. The van der Waals surface area contributed by atoms with Crippen molar-refractivity contribution in [1.82, 2.24) is 0 Å². The van der Waals surface area contributed by atoms with Crippen molar-refractivity contribution in [2.75, 3.05) is 11.4 Å². The maximum absolute atomic E-state index is 12.9. The Labute approximate surface area is 165 Å². The van der Waals surface area contributed by atoms with Crippen molar-refractivity contribution in [2.45, 2.75) is 18.9 Å². The molecule has 4 rings (SSSR count). The summed E-state index contributed by atoms with van der Waals surface area (Å²) >= 11 is 3.39. The summed E-state index contributed by atoms with van der Waals surface area (Å²) in [5, 5.41) is 13.2. The van der Waals surface area contributed by atoms with Crippen molar-refractivity contribution >= 4 is 44.1 Å². The van der Waals surface area contributed by atoms with E-state index in [-0.39, 0.29) is 12.2 Å². The van der Waals surface area contributed by atoms with E-state index >= 15 is 0 Å². The highest BCUT2D eigenvalue weighted by atomic mass is 79.9. The van der Waals surface area contributed by atoms with Gasteiger partial charge in [0.15, 0.2) is 11.4 Å². The van der Waals surface area contributed by atoms with Gasteiger partial charge >= 0.3 is 0 Å². The molecule has 1 aliphatic rings. The van der Waals surface area contributed by atoms with Crippen molar-refractivity contribution in [2.24, 2.45) is 0 Å². The summed E-state index contributed by atoms with van der Waals surface area (Å²) in [7, 11) is 0. The van der Waals surface area contributed by atoms with Gasteiger partial charge in [-0.05, 0) is 42.0 Å². The number of carbonyl (C=O) groups excluding carboxylic acids is 2. The minimum Gasteiger partial charge on any atom is -0.375 e. The number of carbonyl (C=O) groups is 2. The SMILES string of the molecule is CCN1C(=O)[C@@](O)(CC(=O)c2ccc3ccccc3c2)c2cc(Br)ccc21. The Bertz CT molecular complexity index is 1080. The first-order valence-electron chi connectivity index (χ1n) is 8.80. The molecule has 0 radical (unpaired) electrons. The Hall–Kier alpha value is -2.50. The zero-order chi connectivity index (χ0) is 19.2. The van der Waals surface area contributed by atoms with Crippen LogP contribution in [0.15, 0.2) is 65.1 Å². The lowest BCUT2D eigenvalue weighted by molar-refractivity contribution is -0.135. The average Bonchev–Trinajstić information content (AvgIpc) is 2.88. The number of benzene rings is 3. The number of ketones is 1. The molecule has 3 aromatic carbocycles. The van der Waals surface area contributed by atoms with E-state index in [4.69, 9.17) is 0 Å². The van der Waals surface area contributed by atoms with Gasteiger partial charge in [0, 0.05) is 22.1 Å². The number of hydrogen-bond acceptors (Lipinski definition) is 3. The highest BCUT2D eigenvalue weighted by Gasteiger charge is 2.50. The third-order valence-corrected chi connectivity index (χ3v) is 5.59. The lowest BCUT2D eigenvalue weighted by Gasteiger charge is -2.22. The minimum atomic E-state index is -1.85. The monoisotopic (exact) mass is 423 g/mol. The molecule has 0 saturated heterocycles. The van der Waals surface area contributed by atoms with Gasteiger partial charge in [0.25, 0.3) is 5.91 Å². The molecular weight excluding hydrogens is 406 g/mol. The van der Waals surface area contributed by atoms with E-state index in [0.717, 1.165) is 15.2 Å². The number of fused-ring (bicyclic) bond motifs is 2. The molecule has 1 N–H and O–H groups in total. The van der Waals surface area contributed by atoms with Crippen molar-refractivity contribution in [3.05, 3.63) is 76.3 Å². The number of aliphatic hydroxyl groups is 1. The van der Waals surface area contributed by atoms with E-state index in [1.165, 1.54) is 4.90 Å². The van der Waals surface area contributed by atoms with Gasteiger partial charge in [-0.2, -0.15) is 0 Å². The predicted molar refractivity (Wildman–Crippen MR) is 109 cm³/mol. The highest BCUT2D eigenvalue weighted by molar-refractivity contribution is 9.10. The normalized spacial score (nSPS) is 18.8. The van der Waals surface area contributed by atoms with E-state index < -0.39 is 11.5 Å². The number of nitrogens with zero attached hydrogens (tertiary/aromatic N) is 1. The molecule has 136 valence electrons.